The van der Waals surface area contributed by atoms with Gasteiger partial charge < -0.3 is 14.4 Å². The Morgan fingerprint density at radius 3 is 2.71 bits per heavy atom. The number of ether oxygens (including phenoxy) is 2. The van der Waals surface area contributed by atoms with Crippen molar-refractivity contribution in [1.82, 2.24) is 4.90 Å². The standard InChI is InChI=1S/C20H24ClNO2/c1-22(2)11-13-24-20-17(15-6-4-3-5-7-15)10-12-23-19-14-16(21)8-9-18(19)20/h3-9,14,17,20H,10-13H2,1-2H3. The normalized spacial score (nSPS) is 20.3. The molecule has 2 atom stereocenters. The number of nitrogens with zero attached hydrogens (tertiary/aromatic N) is 1. The Labute approximate surface area is 149 Å². The van der Waals surface area contributed by atoms with Crippen LogP contribution >= 0.6 is 11.6 Å². The molecule has 2 unspecified atom stereocenters. The number of hydrogen-bond acceptors (Lipinski definition) is 3. The molecule has 0 N–H and O–H groups in total. The highest BCUT2D eigenvalue weighted by Gasteiger charge is 2.30. The van der Waals surface area contributed by atoms with Crippen LogP contribution in [0.5, 0.6) is 5.75 Å². The number of hydrogen-bond donors (Lipinski definition) is 0. The van der Waals surface area contributed by atoms with Crippen LogP contribution in [0.15, 0.2) is 48.5 Å². The second kappa shape index (κ2) is 8.02. The third-order valence-electron chi connectivity index (χ3n) is 4.40. The first-order valence-corrected chi connectivity index (χ1v) is 8.76. The van der Waals surface area contributed by atoms with Crippen LogP contribution in [-0.2, 0) is 4.74 Å². The van der Waals surface area contributed by atoms with Gasteiger partial charge in [-0.15, -0.1) is 0 Å². The van der Waals surface area contributed by atoms with Gasteiger partial charge in [-0.3, -0.25) is 0 Å². The number of likely N-dealkylation sites (N-methyl/N-ethyl adjacent to an activating group) is 1. The van der Waals surface area contributed by atoms with E-state index in [0.717, 1.165) is 24.3 Å². The van der Waals surface area contributed by atoms with Crippen molar-refractivity contribution in [3.63, 3.8) is 0 Å². The molecule has 128 valence electrons. The van der Waals surface area contributed by atoms with Crippen molar-refractivity contribution in [3.8, 4) is 5.75 Å². The van der Waals surface area contributed by atoms with Crippen LogP contribution in [0, 0.1) is 0 Å². The predicted octanol–water partition coefficient (Wildman–Crippen LogP) is 4.53. The number of benzene rings is 2. The molecule has 0 saturated heterocycles. The third kappa shape index (κ3) is 4.10. The maximum absolute atomic E-state index is 6.34. The molecule has 0 aromatic heterocycles. The van der Waals surface area contributed by atoms with Crippen LogP contribution in [0.2, 0.25) is 5.02 Å². The van der Waals surface area contributed by atoms with Crippen LogP contribution in [0.1, 0.15) is 29.6 Å². The molecule has 0 amide bonds. The molecule has 2 aromatic carbocycles. The fourth-order valence-electron chi connectivity index (χ4n) is 3.14. The summed E-state index contributed by atoms with van der Waals surface area (Å²) in [6, 6.07) is 16.4. The second-order valence-corrected chi connectivity index (χ2v) is 6.87. The third-order valence-corrected chi connectivity index (χ3v) is 4.63. The van der Waals surface area contributed by atoms with Crippen LogP contribution in [0.3, 0.4) is 0 Å². The summed E-state index contributed by atoms with van der Waals surface area (Å²) in [4.78, 5) is 2.13. The monoisotopic (exact) mass is 345 g/mol. The van der Waals surface area contributed by atoms with Crippen molar-refractivity contribution in [2.45, 2.75) is 18.4 Å². The summed E-state index contributed by atoms with van der Waals surface area (Å²) >= 11 is 6.15. The lowest BCUT2D eigenvalue weighted by atomic mass is 9.87. The second-order valence-electron chi connectivity index (χ2n) is 6.43. The molecule has 0 fully saturated rings. The summed E-state index contributed by atoms with van der Waals surface area (Å²) in [5, 5.41) is 0.693. The topological polar surface area (TPSA) is 21.7 Å². The fraction of sp³-hybridized carbons (Fsp3) is 0.400. The smallest absolute Gasteiger partial charge is 0.126 e. The summed E-state index contributed by atoms with van der Waals surface area (Å²) in [5.74, 6) is 1.12. The molecular weight excluding hydrogens is 322 g/mol. The average Bonchev–Trinajstić information content (AvgIpc) is 2.74. The van der Waals surface area contributed by atoms with Gasteiger partial charge in [-0.2, -0.15) is 0 Å². The van der Waals surface area contributed by atoms with Crippen LogP contribution in [-0.4, -0.2) is 38.8 Å². The maximum Gasteiger partial charge on any atom is 0.126 e. The highest BCUT2D eigenvalue weighted by molar-refractivity contribution is 6.30. The lowest BCUT2D eigenvalue weighted by Gasteiger charge is -2.27. The SMILES string of the molecule is CN(C)CCOC1c2ccc(Cl)cc2OCCC1c1ccccc1. The number of halogens is 1. The molecule has 1 aliphatic heterocycles. The average molecular weight is 346 g/mol. The van der Waals surface area contributed by atoms with Gasteiger partial charge in [-0.25, -0.2) is 0 Å². The lowest BCUT2D eigenvalue weighted by Crippen LogP contribution is -2.22. The molecule has 24 heavy (non-hydrogen) atoms. The van der Waals surface area contributed by atoms with E-state index in [1.165, 1.54) is 5.56 Å². The van der Waals surface area contributed by atoms with Gasteiger partial charge in [0.2, 0.25) is 0 Å². The molecule has 0 radical (unpaired) electrons. The van der Waals surface area contributed by atoms with Crippen molar-refractivity contribution in [1.29, 1.82) is 0 Å². The van der Waals surface area contributed by atoms with Gasteiger partial charge in [-0.05, 0) is 38.2 Å². The maximum atomic E-state index is 6.34. The Hall–Kier alpha value is -1.55. The molecule has 1 heterocycles. The minimum absolute atomic E-state index is 0.0258. The quantitative estimate of drug-likeness (QED) is 0.795. The summed E-state index contributed by atoms with van der Waals surface area (Å²) in [5.41, 5.74) is 2.38. The molecule has 0 aliphatic carbocycles. The van der Waals surface area contributed by atoms with Gasteiger partial charge in [0.1, 0.15) is 5.75 Å². The van der Waals surface area contributed by atoms with Crippen LogP contribution < -0.4 is 4.74 Å². The van der Waals surface area contributed by atoms with E-state index in [1.54, 1.807) is 0 Å². The van der Waals surface area contributed by atoms with E-state index in [0.29, 0.717) is 18.2 Å². The first kappa shape index (κ1) is 17.3. The first-order chi connectivity index (χ1) is 11.6. The van der Waals surface area contributed by atoms with E-state index in [9.17, 15) is 0 Å². The molecule has 1 aliphatic rings. The Morgan fingerprint density at radius 1 is 1.17 bits per heavy atom. The predicted molar refractivity (Wildman–Crippen MR) is 98.0 cm³/mol. The summed E-state index contributed by atoms with van der Waals surface area (Å²) in [6.45, 7) is 2.24. The molecule has 0 bridgehead atoms. The number of fused-ring (bicyclic) bond motifs is 1. The molecule has 4 heteroatoms. The van der Waals surface area contributed by atoms with Crippen molar-refractivity contribution in [2.75, 3.05) is 33.9 Å². The summed E-state index contributed by atoms with van der Waals surface area (Å²) in [6.07, 6.45) is 0.894. The minimum Gasteiger partial charge on any atom is -0.493 e. The van der Waals surface area contributed by atoms with Gasteiger partial charge in [0.15, 0.2) is 0 Å². The molecule has 0 saturated carbocycles. The zero-order chi connectivity index (χ0) is 16.9. The molecule has 3 nitrogen and oxygen atoms in total. The molecular formula is C20H24ClNO2. The Kier molecular flexibility index (Phi) is 5.77. The Bertz CT molecular complexity index is 660. The van der Waals surface area contributed by atoms with Crippen molar-refractivity contribution in [2.24, 2.45) is 0 Å². The Balaban J connectivity index is 1.93. The first-order valence-electron chi connectivity index (χ1n) is 8.38. The summed E-state index contributed by atoms with van der Waals surface area (Å²) < 4.78 is 12.3. The van der Waals surface area contributed by atoms with Gasteiger partial charge in [0, 0.05) is 23.0 Å². The highest BCUT2D eigenvalue weighted by Crippen LogP contribution is 2.43. The fourth-order valence-corrected chi connectivity index (χ4v) is 3.30. The van der Waals surface area contributed by atoms with E-state index in [4.69, 9.17) is 21.1 Å². The van der Waals surface area contributed by atoms with E-state index in [2.05, 4.69) is 43.3 Å². The molecule has 3 rings (SSSR count). The number of rotatable bonds is 5. The lowest BCUT2D eigenvalue weighted by molar-refractivity contribution is 0.0249. The van der Waals surface area contributed by atoms with Gasteiger partial charge in [0.05, 0.1) is 19.3 Å². The van der Waals surface area contributed by atoms with Crippen LogP contribution in [0.4, 0.5) is 0 Å². The molecule has 0 spiro atoms. The van der Waals surface area contributed by atoms with Crippen molar-refractivity contribution in [3.05, 3.63) is 64.7 Å². The molecule has 2 aromatic rings. The van der Waals surface area contributed by atoms with Gasteiger partial charge in [-0.1, -0.05) is 48.0 Å². The zero-order valence-electron chi connectivity index (χ0n) is 14.2. The van der Waals surface area contributed by atoms with E-state index >= 15 is 0 Å². The van der Waals surface area contributed by atoms with Crippen molar-refractivity contribution < 1.29 is 9.47 Å². The van der Waals surface area contributed by atoms with E-state index in [1.807, 2.05) is 24.3 Å². The highest BCUT2D eigenvalue weighted by atomic mass is 35.5. The van der Waals surface area contributed by atoms with Gasteiger partial charge in [0.25, 0.3) is 0 Å². The largest absolute Gasteiger partial charge is 0.493 e. The zero-order valence-corrected chi connectivity index (χ0v) is 15.0. The minimum atomic E-state index is -0.0258. The van der Waals surface area contributed by atoms with Gasteiger partial charge >= 0.3 is 0 Å². The van der Waals surface area contributed by atoms with Crippen molar-refractivity contribution >= 4 is 11.6 Å². The van der Waals surface area contributed by atoms with E-state index < -0.39 is 0 Å². The van der Waals surface area contributed by atoms with Crippen LogP contribution in [0.25, 0.3) is 0 Å². The Morgan fingerprint density at radius 2 is 1.96 bits per heavy atom. The summed E-state index contributed by atoms with van der Waals surface area (Å²) in [7, 11) is 4.12. The van der Waals surface area contributed by atoms with E-state index in [-0.39, 0.29) is 12.0 Å².